The molecular weight excluding hydrogens is 519 g/mol. The fraction of sp³-hybridized carbons (Fsp3) is 0.148. The second-order valence-corrected chi connectivity index (χ2v) is 10.9. The minimum Gasteiger partial charge on any atom is -0.497 e. The summed E-state index contributed by atoms with van der Waals surface area (Å²) in [5.74, 6) is 1.65. The first-order valence-electron chi connectivity index (χ1n) is 11.0. The Morgan fingerprint density at radius 3 is 2.47 bits per heavy atom. The van der Waals surface area contributed by atoms with E-state index in [-0.39, 0.29) is 18.0 Å². The zero-order valence-electron chi connectivity index (χ0n) is 19.7. The number of hydrogen-bond acceptors (Lipinski definition) is 5. The summed E-state index contributed by atoms with van der Waals surface area (Å²) in [5, 5.41) is 0.861. The predicted octanol–water partition coefficient (Wildman–Crippen LogP) is 7.05. The fourth-order valence-corrected chi connectivity index (χ4v) is 5.33. The van der Waals surface area contributed by atoms with Gasteiger partial charge in [-0.3, -0.25) is 4.99 Å². The number of ether oxygens (including phenoxy) is 1. The lowest BCUT2D eigenvalue weighted by Crippen LogP contribution is -2.30. The number of aryl methyl sites for hydroxylation is 1. The SMILES string of the molecule is COc1cccc(N=Cc2ccc(CN(Cc3ccc(Cl)cc3Cl)S(=O)(=O)c3ccc(C)cc3)o2)c1. The number of rotatable bonds is 9. The van der Waals surface area contributed by atoms with E-state index >= 15 is 0 Å². The van der Waals surface area contributed by atoms with Crippen LogP contribution in [-0.2, 0) is 23.1 Å². The van der Waals surface area contributed by atoms with Crippen LogP contribution < -0.4 is 4.74 Å². The minimum absolute atomic E-state index is 0.00215. The number of benzene rings is 3. The molecule has 0 aliphatic heterocycles. The first kappa shape index (κ1) is 26.0. The summed E-state index contributed by atoms with van der Waals surface area (Å²) in [7, 11) is -2.27. The van der Waals surface area contributed by atoms with Gasteiger partial charge in [-0.2, -0.15) is 4.31 Å². The van der Waals surface area contributed by atoms with E-state index in [1.807, 2.05) is 25.1 Å². The Kier molecular flexibility index (Phi) is 8.16. The molecule has 4 rings (SSSR count). The highest BCUT2D eigenvalue weighted by Gasteiger charge is 2.26. The molecule has 0 saturated heterocycles. The van der Waals surface area contributed by atoms with Crippen molar-refractivity contribution in [3.63, 3.8) is 0 Å². The molecule has 0 unspecified atom stereocenters. The Morgan fingerprint density at radius 1 is 0.972 bits per heavy atom. The third kappa shape index (κ3) is 6.36. The van der Waals surface area contributed by atoms with E-state index in [4.69, 9.17) is 32.4 Å². The molecule has 0 fully saturated rings. The smallest absolute Gasteiger partial charge is 0.243 e. The van der Waals surface area contributed by atoms with Crippen molar-refractivity contribution < 1.29 is 17.6 Å². The summed E-state index contributed by atoms with van der Waals surface area (Å²) < 4.78 is 39.6. The maximum Gasteiger partial charge on any atom is 0.243 e. The molecule has 0 bridgehead atoms. The molecule has 1 aromatic heterocycles. The quantitative estimate of drug-likeness (QED) is 0.212. The Labute approximate surface area is 220 Å². The van der Waals surface area contributed by atoms with Gasteiger partial charge in [0.2, 0.25) is 10.0 Å². The van der Waals surface area contributed by atoms with Gasteiger partial charge < -0.3 is 9.15 Å². The Hall–Kier alpha value is -3.10. The average molecular weight is 543 g/mol. The summed E-state index contributed by atoms with van der Waals surface area (Å²) in [4.78, 5) is 4.59. The van der Waals surface area contributed by atoms with Crippen molar-refractivity contribution in [3.05, 3.63) is 112 Å². The van der Waals surface area contributed by atoms with Crippen molar-refractivity contribution in [2.45, 2.75) is 24.9 Å². The van der Waals surface area contributed by atoms with Crippen LogP contribution in [0.2, 0.25) is 10.0 Å². The van der Waals surface area contributed by atoms with E-state index in [1.165, 1.54) is 4.31 Å². The van der Waals surface area contributed by atoms with E-state index < -0.39 is 10.0 Å². The van der Waals surface area contributed by atoms with Gasteiger partial charge in [0.05, 0.1) is 30.5 Å². The second-order valence-electron chi connectivity index (χ2n) is 8.09. The van der Waals surface area contributed by atoms with Gasteiger partial charge in [0.1, 0.15) is 17.3 Å². The summed E-state index contributed by atoms with van der Waals surface area (Å²) in [6, 6.07) is 22.5. The first-order valence-corrected chi connectivity index (χ1v) is 13.2. The third-order valence-electron chi connectivity index (χ3n) is 5.43. The van der Waals surface area contributed by atoms with E-state index in [1.54, 1.807) is 74.0 Å². The Balaban J connectivity index is 1.61. The Bertz CT molecular complexity index is 1480. The van der Waals surface area contributed by atoms with Gasteiger partial charge in [-0.1, -0.05) is 53.0 Å². The zero-order valence-corrected chi connectivity index (χ0v) is 22.0. The van der Waals surface area contributed by atoms with Crippen LogP contribution in [0, 0.1) is 6.92 Å². The maximum atomic E-state index is 13.6. The van der Waals surface area contributed by atoms with E-state index in [0.29, 0.717) is 38.6 Å². The van der Waals surface area contributed by atoms with Crippen molar-refractivity contribution in [2.75, 3.05) is 7.11 Å². The third-order valence-corrected chi connectivity index (χ3v) is 7.82. The molecule has 0 radical (unpaired) electrons. The highest BCUT2D eigenvalue weighted by molar-refractivity contribution is 7.89. The molecule has 0 saturated carbocycles. The largest absolute Gasteiger partial charge is 0.497 e. The molecule has 9 heteroatoms. The number of furan rings is 1. The number of nitrogens with zero attached hydrogens (tertiary/aromatic N) is 2. The fourth-order valence-electron chi connectivity index (χ4n) is 3.48. The van der Waals surface area contributed by atoms with Gasteiger partial charge in [0.15, 0.2) is 0 Å². The number of methoxy groups -OCH3 is 1. The van der Waals surface area contributed by atoms with Crippen LogP contribution in [0.1, 0.15) is 22.6 Å². The van der Waals surface area contributed by atoms with Crippen LogP contribution in [0.15, 0.2) is 93.2 Å². The molecule has 6 nitrogen and oxygen atoms in total. The average Bonchev–Trinajstić information content (AvgIpc) is 3.31. The summed E-state index contributed by atoms with van der Waals surface area (Å²) in [6.07, 6.45) is 1.58. The number of sulfonamides is 1. The van der Waals surface area contributed by atoms with Crippen LogP contribution >= 0.6 is 23.2 Å². The van der Waals surface area contributed by atoms with E-state index in [0.717, 1.165) is 5.56 Å². The molecule has 3 aromatic carbocycles. The summed E-state index contributed by atoms with van der Waals surface area (Å²) >= 11 is 12.4. The van der Waals surface area contributed by atoms with Crippen LogP contribution in [0.3, 0.4) is 0 Å². The molecule has 0 spiro atoms. The lowest BCUT2D eigenvalue weighted by molar-refractivity contribution is 0.357. The predicted molar refractivity (Wildman–Crippen MR) is 143 cm³/mol. The minimum atomic E-state index is -3.86. The topological polar surface area (TPSA) is 72.1 Å². The van der Waals surface area contributed by atoms with Gasteiger partial charge in [-0.15, -0.1) is 0 Å². The van der Waals surface area contributed by atoms with Crippen molar-refractivity contribution in [2.24, 2.45) is 4.99 Å². The van der Waals surface area contributed by atoms with Crippen molar-refractivity contribution in [1.29, 1.82) is 0 Å². The van der Waals surface area contributed by atoms with Crippen LogP contribution in [0.25, 0.3) is 0 Å². The highest BCUT2D eigenvalue weighted by atomic mass is 35.5. The molecule has 1 heterocycles. The van der Waals surface area contributed by atoms with Gasteiger partial charge in [0.25, 0.3) is 0 Å². The highest BCUT2D eigenvalue weighted by Crippen LogP contribution is 2.27. The molecule has 4 aromatic rings. The van der Waals surface area contributed by atoms with E-state index in [9.17, 15) is 8.42 Å². The Morgan fingerprint density at radius 2 is 1.75 bits per heavy atom. The molecule has 36 heavy (non-hydrogen) atoms. The van der Waals surface area contributed by atoms with Gasteiger partial charge >= 0.3 is 0 Å². The monoisotopic (exact) mass is 542 g/mol. The van der Waals surface area contributed by atoms with Crippen LogP contribution in [-0.4, -0.2) is 26.0 Å². The number of hydrogen-bond donors (Lipinski definition) is 0. The molecule has 0 amide bonds. The second kappa shape index (κ2) is 11.3. The van der Waals surface area contributed by atoms with Gasteiger partial charge in [-0.05, 0) is 61.0 Å². The molecule has 0 atom stereocenters. The zero-order chi connectivity index (χ0) is 25.7. The van der Waals surface area contributed by atoms with Crippen LogP contribution in [0.4, 0.5) is 5.69 Å². The number of halogens is 2. The maximum absolute atomic E-state index is 13.6. The molecule has 0 aliphatic rings. The first-order chi connectivity index (χ1) is 17.2. The summed E-state index contributed by atoms with van der Waals surface area (Å²) in [6.45, 7) is 1.95. The van der Waals surface area contributed by atoms with E-state index in [2.05, 4.69) is 4.99 Å². The van der Waals surface area contributed by atoms with Crippen molar-refractivity contribution in [1.82, 2.24) is 4.31 Å². The van der Waals surface area contributed by atoms with Gasteiger partial charge in [-0.25, -0.2) is 8.42 Å². The lowest BCUT2D eigenvalue weighted by atomic mass is 10.2. The van der Waals surface area contributed by atoms with Crippen LogP contribution in [0.5, 0.6) is 5.75 Å². The van der Waals surface area contributed by atoms with Crippen molar-refractivity contribution in [3.8, 4) is 5.75 Å². The van der Waals surface area contributed by atoms with Crippen molar-refractivity contribution >= 4 is 45.1 Å². The molecular formula is C27H24Cl2N2O4S. The molecule has 186 valence electrons. The summed E-state index contributed by atoms with van der Waals surface area (Å²) in [5.41, 5.74) is 2.30. The molecule has 0 aliphatic carbocycles. The molecule has 0 N–H and O–H groups in total. The normalized spacial score (nSPS) is 11.9. The standard InChI is InChI=1S/C27H24Cl2N2O4S/c1-19-6-12-26(13-7-19)36(32,33)31(17-20-8-9-21(28)14-27(20)29)18-25-11-10-24(35-25)16-30-22-4-3-5-23(15-22)34-2/h3-16H,17-18H2,1-2H3. The lowest BCUT2D eigenvalue weighted by Gasteiger charge is -2.22. The number of aliphatic imine (C=N–C) groups is 1. The van der Waals surface area contributed by atoms with Gasteiger partial charge in [0, 0.05) is 22.7 Å².